The van der Waals surface area contributed by atoms with E-state index < -0.39 is 0 Å². The molecule has 0 radical (unpaired) electrons. The first-order valence-electron chi connectivity index (χ1n) is 11.9. The molecule has 6 nitrogen and oxygen atoms in total. The van der Waals surface area contributed by atoms with Crippen LogP contribution in [-0.4, -0.2) is 66.1 Å². The molecule has 1 atom stereocenters. The van der Waals surface area contributed by atoms with Crippen LogP contribution in [0.1, 0.15) is 44.6 Å². The van der Waals surface area contributed by atoms with E-state index in [2.05, 4.69) is 52.0 Å². The van der Waals surface area contributed by atoms with E-state index in [1.54, 1.807) is 7.11 Å². The van der Waals surface area contributed by atoms with Crippen molar-refractivity contribution in [2.45, 2.75) is 51.6 Å². The number of nitrogens with one attached hydrogen (secondary N) is 1. The van der Waals surface area contributed by atoms with Gasteiger partial charge in [-0.2, -0.15) is 0 Å². The second kappa shape index (κ2) is 10.0. The summed E-state index contributed by atoms with van der Waals surface area (Å²) in [4.78, 5) is 17.7. The molecule has 0 spiro atoms. The molecule has 6 heteroatoms. The maximum Gasteiger partial charge on any atom is 0.223 e. The number of methoxy groups -OCH3 is 1. The normalized spacial score (nSPS) is 19.7. The number of carbonyl (C=O) groups excluding carboxylic acids is 1. The summed E-state index contributed by atoms with van der Waals surface area (Å²) in [7, 11) is 3.81. The van der Waals surface area contributed by atoms with Gasteiger partial charge in [0, 0.05) is 49.2 Å². The van der Waals surface area contributed by atoms with Crippen molar-refractivity contribution < 1.29 is 9.53 Å². The Morgan fingerprint density at radius 2 is 1.94 bits per heavy atom. The van der Waals surface area contributed by atoms with Crippen LogP contribution < -0.4 is 10.1 Å². The molecular formula is C25H38N4O2. The lowest BCUT2D eigenvalue weighted by Gasteiger charge is -2.31. The lowest BCUT2D eigenvalue weighted by Crippen LogP contribution is -2.41. The number of carbonyl (C=O) groups is 1. The Bertz CT molecular complexity index is 879. The Balaban J connectivity index is 1.24. The lowest BCUT2D eigenvalue weighted by molar-refractivity contribution is -0.126. The van der Waals surface area contributed by atoms with Gasteiger partial charge in [0.2, 0.25) is 5.91 Å². The summed E-state index contributed by atoms with van der Waals surface area (Å²) in [5.74, 6) is 1.31. The number of aryl methyl sites for hydroxylation is 1. The molecule has 0 saturated carbocycles. The third kappa shape index (κ3) is 5.24. The van der Waals surface area contributed by atoms with Crippen LogP contribution in [0, 0.1) is 5.92 Å². The van der Waals surface area contributed by atoms with E-state index in [0.29, 0.717) is 6.04 Å². The number of ether oxygens (including phenoxy) is 1. The summed E-state index contributed by atoms with van der Waals surface area (Å²) < 4.78 is 7.61. The highest BCUT2D eigenvalue weighted by atomic mass is 16.5. The van der Waals surface area contributed by atoms with Crippen LogP contribution in [0.4, 0.5) is 0 Å². The lowest BCUT2D eigenvalue weighted by atomic mass is 9.95. The van der Waals surface area contributed by atoms with E-state index in [9.17, 15) is 4.79 Å². The van der Waals surface area contributed by atoms with Crippen LogP contribution >= 0.6 is 0 Å². The van der Waals surface area contributed by atoms with Gasteiger partial charge in [-0.25, -0.2) is 0 Å². The molecule has 1 aromatic heterocycles. The largest absolute Gasteiger partial charge is 0.497 e. The Kier molecular flexibility index (Phi) is 7.18. The van der Waals surface area contributed by atoms with Crippen molar-refractivity contribution in [2.24, 2.45) is 13.0 Å². The Hall–Kier alpha value is -2.05. The zero-order valence-electron chi connectivity index (χ0n) is 19.4. The van der Waals surface area contributed by atoms with Crippen molar-refractivity contribution in [3.05, 3.63) is 30.0 Å². The van der Waals surface area contributed by atoms with Gasteiger partial charge in [-0.05, 0) is 89.0 Å². The molecule has 2 saturated heterocycles. The van der Waals surface area contributed by atoms with Gasteiger partial charge in [0.25, 0.3) is 0 Å². The van der Waals surface area contributed by atoms with E-state index in [1.807, 2.05) is 6.07 Å². The van der Waals surface area contributed by atoms with E-state index in [4.69, 9.17) is 4.74 Å². The van der Waals surface area contributed by atoms with Gasteiger partial charge in [0.15, 0.2) is 0 Å². The molecule has 1 amide bonds. The molecule has 31 heavy (non-hydrogen) atoms. The number of fused-ring (bicyclic) bond motifs is 1. The van der Waals surface area contributed by atoms with E-state index in [1.165, 1.54) is 42.4 Å². The van der Waals surface area contributed by atoms with Gasteiger partial charge >= 0.3 is 0 Å². The Morgan fingerprint density at radius 1 is 1.19 bits per heavy atom. The molecule has 0 aliphatic carbocycles. The number of likely N-dealkylation sites (tertiary alicyclic amines) is 2. The first kappa shape index (κ1) is 22.2. The minimum Gasteiger partial charge on any atom is -0.497 e. The second-order valence-corrected chi connectivity index (χ2v) is 9.37. The quantitative estimate of drug-likeness (QED) is 0.703. The fraction of sp³-hybridized carbons (Fsp3) is 0.640. The van der Waals surface area contributed by atoms with Gasteiger partial charge in [-0.15, -0.1) is 0 Å². The summed E-state index contributed by atoms with van der Waals surface area (Å²) in [6, 6.07) is 6.85. The topological polar surface area (TPSA) is 49.7 Å². The standard InChI is InChI=1S/C25H38N4O2/c1-19(29-12-4-5-13-29)8-11-26-25(30)20-9-14-28(15-10-20)18-21-17-27(2)24-7-6-22(31-3)16-23(21)24/h6-7,16-17,19-20H,4-5,8-15,18H2,1-3H3,(H,26,30)/t19-/m0/s1. The highest BCUT2D eigenvalue weighted by Crippen LogP contribution is 2.28. The van der Waals surface area contributed by atoms with Crippen molar-refractivity contribution in [1.82, 2.24) is 19.7 Å². The Morgan fingerprint density at radius 3 is 2.65 bits per heavy atom. The smallest absolute Gasteiger partial charge is 0.223 e. The molecule has 4 rings (SSSR count). The highest BCUT2D eigenvalue weighted by molar-refractivity contribution is 5.85. The molecular weight excluding hydrogens is 388 g/mol. The van der Waals surface area contributed by atoms with E-state index >= 15 is 0 Å². The molecule has 2 aromatic rings. The molecule has 2 aliphatic heterocycles. The molecule has 1 aromatic carbocycles. The van der Waals surface area contributed by atoms with Crippen LogP contribution in [0.15, 0.2) is 24.4 Å². The minimum absolute atomic E-state index is 0.158. The molecule has 2 fully saturated rings. The first-order valence-corrected chi connectivity index (χ1v) is 11.9. The number of aromatic nitrogens is 1. The minimum atomic E-state index is 0.158. The van der Waals surface area contributed by atoms with Crippen LogP contribution in [0.2, 0.25) is 0 Å². The molecule has 3 heterocycles. The summed E-state index contributed by atoms with van der Waals surface area (Å²) in [5.41, 5.74) is 2.56. The SMILES string of the molecule is COc1ccc2c(c1)c(CN1CCC(C(=O)NCC[C@H](C)N3CCCC3)CC1)cn2C. The van der Waals surface area contributed by atoms with Crippen molar-refractivity contribution in [1.29, 1.82) is 0 Å². The number of hydrogen-bond acceptors (Lipinski definition) is 4. The predicted octanol–water partition coefficient (Wildman–Crippen LogP) is 3.39. The summed E-state index contributed by atoms with van der Waals surface area (Å²) >= 11 is 0. The zero-order chi connectivity index (χ0) is 21.8. The van der Waals surface area contributed by atoms with Gasteiger partial charge in [0.1, 0.15) is 5.75 Å². The number of rotatable bonds is 8. The van der Waals surface area contributed by atoms with Gasteiger partial charge < -0.3 is 19.5 Å². The van der Waals surface area contributed by atoms with Crippen LogP contribution in [0.5, 0.6) is 5.75 Å². The number of nitrogens with zero attached hydrogens (tertiary/aromatic N) is 3. The second-order valence-electron chi connectivity index (χ2n) is 9.37. The first-order chi connectivity index (χ1) is 15.0. The van der Waals surface area contributed by atoms with Gasteiger partial charge in [-0.1, -0.05) is 0 Å². The number of benzene rings is 1. The predicted molar refractivity (Wildman–Crippen MR) is 125 cm³/mol. The van der Waals surface area contributed by atoms with Crippen LogP contribution in [0.3, 0.4) is 0 Å². The van der Waals surface area contributed by atoms with Gasteiger partial charge in [-0.3, -0.25) is 9.69 Å². The molecule has 170 valence electrons. The van der Waals surface area contributed by atoms with Gasteiger partial charge in [0.05, 0.1) is 7.11 Å². The number of amides is 1. The van der Waals surface area contributed by atoms with Crippen LogP contribution in [0.25, 0.3) is 10.9 Å². The van der Waals surface area contributed by atoms with Crippen molar-refractivity contribution in [3.8, 4) is 5.75 Å². The van der Waals surface area contributed by atoms with E-state index in [-0.39, 0.29) is 11.8 Å². The molecule has 2 aliphatic rings. The maximum atomic E-state index is 12.7. The third-order valence-electron chi connectivity index (χ3n) is 7.26. The Labute approximate surface area is 186 Å². The maximum absolute atomic E-state index is 12.7. The monoisotopic (exact) mass is 426 g/mol. The summed E-state index contributed by atoms with van der Waals surface area (Å²) in [6.07, 6.45) is 7.81. The molecule has 0 unspecified atom stereocenters. The third-order valence-corrected chi connectivity index (χ3v) is 7.26. The average molecular weight is 427 g/mol. The number of piperidine rings is 1. The fourth-order valence-electron chi connectivity index (χ4n) is 5.21. The van der Waals surface area contributed by atoms with Crippen LogP contribution in [-0.2, 0) is 18.4 Å². The zero-order valence-corrected chi connectivity index (χ0v) is 19.4. The summed E-state index contributed by atoms with van der Waals surface area (Å²) in [5, 5.41) is 4.47. The molecule has 0 bridgehead atoms. The van der Waals surface area contributed by atoms with E-state index in [0.717, 1.165) is 51.2 Å². The summed E-state index contributed by atoms with van der Waals surface area (Å²) in [6.45, 7) is 8.40. The molecule has 1 N–H and O–H groups in total. The van der Waals surface area contributed by atoms with Crippen molar-refractivity contribution in [2.75, 3.05) is 39.8 Å². The fourth-order valence-corrected chi connectivity index (χ4v) is 5.21. The number of hydrogen-bond donors (Lipinski definition) is 1. The average Bonchev–Trinajstić information content (AvgIpc) is 3.43. The van der Waals surface area contributed by atoms with Crippen molar-refractivity contribution >= 4 is 16.8 Å². The van der Waals surface area contributed by atoms with Crippen molar-refractivity contribution in [3.63, 3.8) is 0 Å². The highest BCUT2D eigenvalue weighted by Gasteiger charge is 2.26.